The number of carbonyl (C=O) groups excluding carboxylic acids is 2. The maximum Gasteiger partial charge on any atom is 0.265 e. The summed E-state index contributed by atoms with van der Waals surface area (Å²) in [7, 11) is 0. The third kappa shape index (κ3) is 4.08. The van der Waals surface area contributed by atoms with Crippen molar-refractivity contribution >= 4 is 40.7 Å². The summed E-state index contributed by atoms with van der Waals surface area (Å²) in [4.78, 5) is 30.7. The molecule has 0 aliphatic carbocycles. The molecule has 2 aliphatic heterocycles. The van der Waals surface area contributed by atoms with Crippen LogP contribution in [0.3, 0.4) is 0 Å². The molecular weight excluding hydrogens is 374 g/mol. The van der Waals surface area contributed by atoms with Gasteiger partial charge in [-0.05, 0) is 37.7 Å². The minimum atomic E-state index is -0.508. The molecule has 2 fully saturated rings. The van der Waals surface area contributed by atoms with Gasteiger partial charge in [-0.2, -0.15) is 0 Å². The van der Waals surface area contributed by atoms with Crippen molar-refractivity contribution in [3.8, 4) is 11.3 Å². The average molecular weight is 396 g/mol. The van der Waals surface area contributed by atoms with Crippen molar-refractivity contribution in [1.29, 1.82) is 0 Å². The number of rotatable bonds is 5. The molecule has 5 N–H and O–H groups in total. The van der Waals surface area contributed by atoms with Crippen molar-refractivity contribution in [3.05, 3.63) is 23.3 Å². The lowest BCUT2D eigenvalue weighted by Crippen LogP contribution is -2.39. The summed E-state index contributed by atoms with van der Waals surface area (Å²) in [5, 5.41) is 8.94. The molecule has 9 heteroatoms. The van der Waals surface area contributed by atoms with Gasteiger partial charge in [-0.1, -0.05) is 0 Å². The Hall–Kier alpha value is -1.90. The molecule has 140 valence electrons. The van der Waals surface area contributed by atoms with Crippen molar-refractivity contribution in [1.82, 2.24) is 15.3 Å². The zero-order valence-electron chi connectivity index (χ0n) is 14.2. The Morgan fingerprint density at radius 2 is 2.04 bits per heavy atom. The van der Waals surface area contributed by atoms with Gasteiger partial charge in [-0.25, -0.2) is 4.98 Å². The second-order valence-corrected chi connectivity index (χ2v) is 7.79. The number of piperidine rings is 1. The van der Waals surface area contributed by atoms with Gasteiger partial charge in [0.05, 0.1) is 5.69 Å². The van der Waals surface area contributed by atoms with Crippen LogP contribution in [0.4, 0.5) is 5.13 Å². The molecule has 0 radical (unpaired) electrons. The maximum atomic E-state index is 12.3. The van der Waals surface area contributed by atoms with Crippen LogP contribution in [0, 0.1) is 5.92 Å². The Labute approximate surface area is 161 Å². The number of carbonyl (C=O) groups is 2. The van der Waals surface area contributed by atoms with Crippen LogP contribution in [0.5, 0.6) is 0 Å². The van der Waals surface area contributed by atoms with Crippen LogP contribution in [0.1, 0.15) is 42.6 Å². The topological polar surface area (TPSA) is 113 Å². The third-order valence-electron chi connectivity index (χ3n) is 5.04. The van der Waals surface area contributed by atoms with E-state index in [-0.39, 0.29) is 18.3 Å². The minimum Gasteiger partial charge on any atom is -0.364 e. The Bertz CT molecular complexity index is 793. The Morgan fingerprint density at radius 1 is 1.31 bits per heavy atom. The largest absolute Gasteiger partial charge is 0.364 e. The summed E-state index contributed by atoms with van der Waals surface area (Å²) < 4.78 is 0. The smallest absolute Gasteiger partial charge is 0.265 e. The Morgan fingerprint density at radius 3 is 2.69 bits per heavy atom. The van der Waals surface area contributed by atoms with E-state index in [1.165, 1.54) is 24.2 Å². The molecule has 2 amide bonds. The number of primary amides is 1. The van der Waals surface area contributed by atoms with Crippen LogP contribution < -0.4 is 16.4 Å². The first-order valence-corrected chi connectivity index (χ1v) is 9.45. The van der Waals surface area contributed by atoms with E-state index >= 15 is 0 Å². The highest BCUT2D eigenvalue weighted by atomic mass is 35.5. The van der Waals surface area contributed by atoms with E-state index in [1.54, 1.807) is 12.3 Å². The number of halogens is 1. The fourth-order valence-electron chi connectivity index (χ4n) is 3.92. The lowest BCUT2D eigenvalue weighted by atomic mass is 9.89. The van der Waals surface area contributed by atoms with Crippen molar-refractivity contribution in [2.75, 3.05) is 5.32 Å². The van der Waals surface area contributed by atoms with E-state index in [4.69, 9.17) is 5.73 Å². The van der Waals surface area contributed by atoms with Crippen LogP contribution in [-0.4, -0.2) is 33.9 Å². The zero-order chi connectivity index (χ0) is 17.4. The van der Waals surface area contributed by atoms with Crippen LogP contribution in [0.15, 0.2) is 17.6 Å². The molecule has 2 atom stereocenters. The molecule has 2 saturated heterocycles. The normalized spacial score (nSPS) is 24.1. The molecule has 0 spiro atoms. The predicted octanol–water partition coefficient (Wildman–Crippen LogP) is 2.52. The summed E-state index contributed by atoms with van der Waals surface area (Å²) >= 11 is 1.38. The van der Waals surface area contributed by atoms with E-state index in [1.807, 2.05) is 5.38 Å². The maximum absolute atomic E-state index is 12.3. The number of H-pyrrole nitrogens is 1. The first-order chi connectivity index (χ1) is 12.1. The lowest BCUT2D eigenvalue weighted by molar-refractivity contribution is -0.117. The monoisotopic (exact) mass is 395 g/mol. The Balaban J connectivity index is 0.00000196. The van der Waals surface area contributed by atoms with E-state index in [2.05, 4.69) is 20.6 Å². The molecular formula is C17H22ClN5O2S. The van der Waals surface area contributed by atoms with Gasteiger partial charge < -0.3 is 21.4 Å². The molecule has 2 aromatic rings. The van der Waals surface area contributed by atoms with Gasteiger partial charge in [-0.3, -0.25) is 9.59 Å². The number of hydrogen-bond acceptors (Lipinski definition) is 5. The molecule has 2 aromatic heterocycles. The number of anilines is 1. The van der Waals surface area contributed by atoms with Crippen molar-refractivity contribution < 1.29 is 9.59 Å². The minimum absolute atomic E-state index is 0. The zero-order valence-corrected chi connectivity index (χ0v) is 15.8. The highest BCUT2D eigenvalue weighted by Gasteiger charge is 2.34. The van der Waals surface area contributed by atoms with Gasteiger partial charge in [0.25, 0.3) is 5.91 Å². The number of aromatic amines is 1. The van der Waals surface area contributed by atoms with Crippen LogP contribution in [0.25, 0.3) is 11.3 Å². The molecule has 26 heavy (non-hydrogen) atoms. The quantitative estimate of drug-likeness (QED) is 0.622. The summed E-state index contributed by atoms with van der Waals surface area (Å²) in [6, 6.07) is 2.85. The second-order valence-electron chi connectivity index (χ2n) is 6.93. The average Bonchev–Trinajstić information content (AvgIpc) is 3.27. The molecule has 2 bridgehead atoms. The number of nitrogens with one attached hydrogen (secondary N) is 3. The van der Waals surface area contributed by atoms with E-state index < -0.39 is 5.91 Å². The first kappa shape index (κ1) is 18.9. The summed E-state index contributed by atoms with van der Waals surface area (Å²) in [6.07, 6.45) is 6.90. The molecule has 4 rings (SSSR count). The lowest BCUT2D eigenvalue weighted by Gasteiger charge is -2.28. The molecule has 2 unspecified atom stereocenters. The van der Waals surface area contributed by atoms with Gasteiger partial charge >= 0.3 is 0 Å². The van der Waals surface area contributed by atoms with Crippen LogP contribution >= 0.6 is 23.7 Å². The summed E-state index contributed by atoms with van der Waals surface area (Å²) in [5.41, 5.74) is 7.07. The number of thiazole rings is 1. The number of amides is 2. The molecule has 7 nitrogen and oxygen atoms in total. The van der Waals surface area contributed by atoms with Crippen LogP contribution in [0.2, 0.25) is 0 Å². The number of nitrogens with two attached hydrogens (primary N) is 1. The number of aromatic nitrogens is 2. The van der Waals surface area contributed by atoms with Crippen molar-refractivity contribution in [2.45, 2.75) is 44.2 Å². The van der Waals surface area contributed by atoms with Gasteiger partial charge in [0.2, 0.25) is 5.91 Å². The van der Waals surface area contributed by atoms with Crippen molar-refractivity contribution in [3.63, 3.8) is 0 Å². The van der Waals surface area contributed by atoms with Gasteiger partial charge in [0.1, 0.15) is 5.69 Å². The van der Waals surface area contributed by atoms with Gasteiger partial charge in [0, 0.05) is 35.6 Å². The van der Waals surface area contributed by atoms with E-state index in [0.717, 1.165) is 18.4 Å². The number of hydrogen-bond donors (Lipinski definition) is 4. The molecule has 2 aliphatic rings. The standard InChI is InChI=1S/C17H21N5O2S.ClH/c18-16(24)13-6-10(7-19-13)14-8-25-17(21-14)22-15(23)5-9-3-11-1-2-12(4-9)20-11;/h6-9,11-12,19-20H,1-5H2,(H2,18,24)(H,21,22,23);1H. The SMILES string of the molecule is Cl.NC(=O)c1cc(-c2csc(NC(=O)CC3CC4CCC(C3)N4)n2)c[nH]1. The third-order valence-corrected chi connectivity index (χ3v) is 5.80. The highest BCUT2D eigenvalue weighted by molar-refractivity contribution is 7.14. The highest BCUT2D eigenvalue weighted by Crippen LogP contribution is 2.33. The number of nitrogens with zero attached hydrogens (tertiary/aromatic N) is 1. The van der Waals surface area contributed by atoms with E-state index in [0.29, 0.717) is 40.9 Å². The second kappa shape index (κ2) is 7.77. The molecule has 0 saturated carbocycles. The summed E-state index contributed by atoms with van der Waals surface area (Å²) in [6.45, 7) is 0. The fourth-order valence-corrected chi connectivity index (χ4v) is 4.66. The van der Waals surface area contributed by atoms with Gasteiger partial charge in [-0.15, -0.1) is 23.7 Å². The fraction of sp³-hybridized carbons (Fsp3) is 0.471. The first-order valence-electron chi connectivity index (χ1n) is 8.57. The van der Waals surface area contributed by atoms with Gasteiger partial charge in [0.15, 0.2) is 5.13 Å². The molecule has 0 aromatic carbocycles. The summed E-state index contributed by atoms with van der Waals surface area (Å²) in [5.74, 6) is -0.0222. The molecule has 4 heterocycles. The Kier molecular flexibility index (Phi) is 5.64. The van der Waals surface area contributed by atoms with E-state index in [9.17, 15) is 9.59 Å². The van der Waals surface area contributed by atoms with Crippen molar-refractivity contribution in [2.24, 2.45) is 11.7 Å². The number of fused-ring (bicyclic) bond motifs is 2. The predicted molar refractivity (Wildman–Crippen MR) is 104 cm³/mol. The van der Waals surface area contributed by atoms with Crippen LogP contribution in [-0.2, 0) is 4.79 Å².